The Bertz CT molecular complexity index is 226. The molecule has 13 heavy (non-hydrogen) atoms. The standard InChI is InChI=1S/C11H16OS/c1-3-5-11(6-4-9-13)8-7-10(2)12/h3,5,7-8,12-13H,1-2,4,6,9H2/b8-7-,11-5-. The predicted molar refractivity (Wildman–Crippen MR) is 62.3 cm³/mol. The Morgan fingerprint density at radius 3 is 2.54 bits per heavy atom. The van der Waals surface area contributed by atoms with Crippen LogP contribution in [0.4, 0.5) is 0 Å². The molecule has 0 aliphatic carbocycles. The van der Waals surface area contributed by atoms with Gasteiger partial charge < -0.3 is 5.11 Å². The second kappa shape index (κ2) is 7.74. The molecular weight excluding hydrogens is 180 g/mol. The van der Waals surface area contributed by atoms with E-state index in [2.05, 4.69) is 25.8 Å². The molecule has 0 unspecified atom stereocenters. The molecule has 0 aliphatic heterocycles. The lowest BCUT2D eigenvalue weighted by Crippen LogP contribution is -1.81. The van der Waals surface area contributed by atoms with Crippen LogP contribution in [-0.2, 0) is 0 Å². The van der Waals surface area contributed by atoms with Crippen molar-refractivity contribution in [3.8, 4) is 0 Å². The van der Waals surface area contributed by atoms with Gasteiger partial charge in [-0.25, -0.2) is 0 Å². The first-order valence-electron chi connectivity index (χ1n) is 4.19. The Hall–Kier alpha value is -0.890. The van der Waals surface area contributed by atoms with E-state index in [9.17, 15) is 0 Å². The number of thiol groups is 1. The molecule has 1 N–H and O–H groups in total. The van der Waals surface area contributed by atoms with Crippen LogP contribution >= 0.6 is 12.6 Å². The van der Waals surface area contributed by atoms with Crippen molar-refractivity contribution in [2.75, 3.05) is 5.75 Å². The zero-order valence-electron chi connectivity index (χ0n) is 7.74. The smallest absolute Gasteiger partial charge is 0.108 e. The summed E-state index contributed by atoms with van der Waals surface area (Å²) in [6.45, 7) is 6.99. The van der Waals surface area contributed by atoms with Gasteiger partial charge in [0.05, 0.1) is 0 Å². The summed E-state index contributed by atoms with van der Waals surface area (Å²) in [6, 6.07) is 0. The first kappa shape index (κ1) is 12.1. The Labute approximate surface area is 85.6 Å². The third kappa shape index (κ3) is 7.47. The van der Waals surface area contributed by atoms with E-state index in [1.54, 1.807) is 12.2 Å². The number of aliphatic hydroxyl groups excluding tert-OH is 1. The van der Waals surface area contributed by atoms with Gasteiger partial charge in [0.25, 0.3) is 0 Å². The van der Waals surface area contributed by atoms with Crippen molar-refractivity contribution in [1.29, 1.82) is 0 Å². The summed E-state index contributed by atoms with van der Waals surface area (Å²) >= 11 is 4.13. The van der Waals surface area contributed by atoms with Crippen LogP contribution < -0.4 is 0 Å². The van der Waals surface area contributed by atoms with Gasteiger partial charge in [0, 0.05) is 0 Å². The minimum atomic E-state index is 0.0702. The number of rotatable bonds is 6. The average Bonchev–Trinajstić information content (AvgIpc) is 2.09. The van der Waals surface area contributed by atoms with Crippen molar-refractivity contribution < 1.29 is 5.11 Å². The van der Waals surface area contributed by atoms with Crippen LogP contribution in [0.15, 0.2) is 48.8 Å². The molecular formula is C11H16OS. The van der Waals surface area contributed by atoms with Crippen LogP contribution in [0.1, 0.15) is 12.8 Å². The summed E-state index contributed by atoms with van der Waals surface area (Å²) in [5.41, 5.74) is 1.12. The molecule has 0 amide bonds. The molecule has 0 rings (SSSR count). The van der Waals surface area contributed by atoms with Crippen LogP contribution in [0, 0.1) is 0 Å². The Kier molecular flexibility index (Phi) is 7.21. The summed E-state index contributed by atoms with van der Waals surface area (Å²) in [4.78, 5) is 0. The lowest BCUT2D eigenvalue weighted by Gasteiger charge is -1.98. The van der Waals surface area contributed by atoms with Gasteiger partial charge in [-0.15, -0.1) is 0 Å². The van der Waals surface area contributed by atoms with Gasteiger partial charge in [-0.3, -0.25) is 0 Å². The molecule has 0 heterocycles. The quantitative estimate of drug-likeness (QED) is 0.379. The molecule has 0 aromatic heterocycles. The summed E-state index contributed by atoms with van der Waals surface area (Å²) in [5, 5.41) is 8.85. The molecule has 72 valence electrons. The highest BCUT2D eigenvalue weighted by atomic mass is 32.1. The van der Waals surface area contributed by atoms with Crippen LogP contribution in [0.5, 0.6) is 0 Å². The van der Waals surface area contributed by atoms with Crippen LogP contribution in [-0.4, -0.2) is 10.9 Å². The molecule has 0 aromatic rings. The van der Waals surface area contributed by atoms with Gasteiger partial charge in [-0.05, 0) is 30.2 Å². The minimum Gasteiger partial charge on any atom is -0.509 e. The molecule has 0 aromatic carbocycles. The number of aliphatic hydroxyl groups is 1. The highest BCUT2D eigenvalue weighted by Gasteiger charge is 1.90. The van der Waals surface area contributed by atoms with Crippen molar-refractivity contribution in [3.05, 3.63) is 48.8 Å². The van der Waals surface area contributed by atoms with E-state index in [1.807, 2.05) is 12.2 Å². The van der Waals surface area contributed by atoms with Crippen LogP contribution in [0.3, 0.4) is 0 Å². The fourth-order valence-corrected chi connectivity index (χ4v) is 1.02. The summed E-state index contributed by atoms with van der Waals surface area (Å²) in [5.74, 6) is 0.934. The van der Waals surface area contributed by atoms with E-state index >= 15 is 0 Å². The largest absolute Gasteiger partial charge is 0.509 e. The monoisotopic (exact) mass is 196 g/mol. The van der Waals surface area contributed by atoms with Crippen LogP contribution in [0.2, 0.25) is 0 Å². The van der Waals surface area contributed by atoms with Crippen molar-refractivity contribution in [1.82, 2.24) is 0 Å². The summed E-state index contributed by atoms with van der Waals surface area (Å²) in [6.07, 6.45) is 9.03. The third-order valence-corrected chi connectivity index (χ3v) is 1.76. The molecule has 0 atom stereocenters. The maximum absolute atomic E-state index is 8.85. The van der Waals surface area contributed by atoms with Crippen molar-refractivity contribution >= 4 is 12.6 Å². The van der Waals surface area contributed by atoms with Gasteiger partial charge >= 0.3 is 0 Å². The molecule has 0 saturated heterocycles. The third-order valence-electron chi connectivity index (χ3n) is 1.45. The topological polar surface area (TPSA) is 20.2 Å². The van der Waals surface area contributed by atoms with Gasteiger partial charge in [0.1, 0.15) is 5.76 Å². The van der Waals surface area contributed by atoms with Gasteiger partial charge in [0.15, 0.2) is 0 Å². The first-order valence-corrected chi connectivity index (χ1v) is 4.82. The normalized spacial score (nSPS) is 11.9. The number of allylic oxidation sites excluding steroid dienone is 5. The minimum absolute atomic E-state index is 0.0702. The molecule has 0 aliphatic rings. The zero-order valence-corrected chi connectivity index (χ0v) is 8.63. The van der Waals surface area contributed by atoms with Crippen LogP contribution in [0.25, 0.3) is 0 Å². The molecule has 0 fully saturated rings. The molecule has 0 radical (unpaired) electrons. The Morgan fingerprint density at radius 1 is 1.38 bits per heavy atom. The highest BCUT2D eigenvalue weighted by molar-refractivity contribution is 7.80. The number of hydrogen-bond acceptors (Lipinski definition) is 2. The summed E-state index contributed by atoms with van der Waals surface area (Å²) in [7, 11) is 0. The highest BCUT2D eigenvalue weighted by Crippen LogP contribution is 2.08. The van der Waals surface area contributed by atoms with Crippen molar-refractivity contribution in [3.63, 3.8) is 0 Å². The second-order valence-corrected chi connectivity index (χ2v) is 3.08. The first-order chi connectivity index (χ1) is 6.20. The number of hydrogen-bond donors (Lipinski definition) is 2. The maximum atomic E-state index is 8.85. The van der Waals surface area contributed by atoms with Gasteiger partial charge in [-0.1, -0.05) is 31.4 Å². The Balaban J connectivity index is 4.17. The SMILES string of the molecule is C=C/C=C(\C=C/C(=C)O)CCCS. The van der Waals surface area contributed by atoms with Crippen molar-refractivity contribution in [2.45, 2.75) is 12.8 Å². The molecule has 0 bridgehead atoms. The predicted octanol–water partition coefficient (Wildman–Crippen LogP) is 3.44. The summed E-state index contributed by atoms with van der Waals surface area (Å²) < 4.78 is 0. The molecule has 2 heteroatoms. The van der Waals surface area contributed by atoms with Gasteiger partial charge in [-0.2, -0.15) is 12.6 Å². The fraction of sp³-hybridized carbons (Fsp3) is 0.273. The molecule has 0 saturated carbocycles. The lowest BCUT2D eigenvalue weighted by atomic mass is 10.1. The average molecular weight is 196 g/mol. The van der Waals surface area contributed by atoms with Gasteiger partial charge in [0.2, 0.25) is 0 Å². The van der Waals surface area contributed by atoms with E-state index in [-0.39, 0.29) is 5.76 Å². The Morgan fingerprint density at radius 2 is 2.08 bits per heavy atom. The molecule has 1 nitrogen and oxygen atoms in total. The van der Waals surface area contributed by atoms with E-state index < -0.39 is 0 Å². The zero-order chi connectivity index (χ0) is 10.1. The van der Waals surface area contributed by atoms with E-state index in [0.717, 1.165) is 24.2 Å². The molecule has 0 spiro atoms. The van der Waals surface area contributed by atoms with E-state index in [0.29, 0.717) is 0 Å². The second-order valence-electron chi connectivity index (χ2n) is 2.63. The van der Waals surface area contributed by atoms with E-state index in [1.165, 1.54) is 0 Å². The maximum Gasteiger partial charge on any atom is 0.108 e. The fourth-order valence-electron chi connectivity index (χ4n) is 0.860. The van der Waals surface area contributed by atoms with Crippen molar-refractivity contribution in [2.24, 2.45) is 0 Å². The lowest BCUT2D eigenvalue weighted by molar-refractivity contribution is 0.435. The van der Waals surface area contributed by atoms with E-state index in [4.69, 9.17) is 5.11 Å².